The van der Waals surface area contributed by atoms with Crippen molar-refractivity contribution in [3.05, 3.63) is 94.5 Å². The molecule has 0 heterocycles. The van der Waals surface area contributed by atoms with Gasteiger partial charge in [-0.1, -0.05) is 29.3 Å². The molecule has 0 aliphatic rings. The van der Waals surface area contributed by atoms with Crippen molar-refractivity contribution in [1.29, 1.82) is 0 Å². The van der Waals surface area contributed by atoms with E-state index in [1.165, 1.54) is 0 Å². The van der Waals surface area contributed by atoms with Crippen molar-refractivity contribution in [2.45, 2.75) is 6.92 Å². The summed E-state index contributed by atoms with van der Waals surface area (Å²) >= 11 is 5.82. The highest BCUT2D eigenvalue weighted by atomic mass is 35.5. The minimum absolute atomic E-state index is 0.0480. The molecule has 3 N–H and O–H groups in total. The summed E-state index contributed by atoms with van der Waals surface area (Å²) in [5, 5.41) is 7.22. The van der Waals surface area contributed by atoms with Crippen LogP contribution in [0.25, 0.3) is 0 Å². The number of carbonyl (C=O) groups is 2. The van der Waals surface area contributed by atoms with Crippen LogP contribution in [0.2, 0.25) is 5.02 Å². The highest BCUT2D eigenvalue weighted by Gasteiger charge is 2.15. The van der Waals surface area contributed by atoms with Crippen LogP contribution in [0.15, 0.2) is 77.9 Å². The van der Waals surface area contributed by atoms with Crippen LogP contribution in [0.3, 0.4) is 0 Å². The van der Waals surface area contributed by atoms with Gasteiger partial charge in [-0.25, -0.2) is 4.79 Å². The van der Waals surface area contributed by atoms with Gasteiger partial charge in [0.1, 0.15) is 11.5 Å². The monoisotopic (exact) mass is 421 g/mol. The van der Waals surface area contributed by atoms with Gasteiger partial charge in [0.15, 0.2) is 0 Å². The molecule has 3 aromatic carbocycles. The third kappa shape index (κ3) is 5.46. The van der Waals surface area contributed by atoms with Gasteiger partial charge >= 0.3 is 5.97 Å². The average molecular weight is 422 g/mol. The van der Waals surface area contributed by atoms with E-state index in [1.807, 2.05) is 31.2 Å². The van der Waals surface area contributed by atoms with E-state index in [2.05, 4.69) is 10.4 Å². The molecule has 0 amide bonds. The van der Waals surface area contributed by atoms with Crippen molar-refractivity contribution >= 4 is 34.8 Å². The van der Waals surface area contributed by atoms with Gasteiger partial charge in [0, 0.05) is 16.3 Å². The molecule has 6 nitrogen and oxygen atoms in total. The zero-order valence-electron chi connectivity index (χ0n) is 16.3. The third-order valence-corrected chi connectivity index (χ3v) is 4.57. The Morgan fingerprint density at radius 3 is 2.13 bits per heavy atom. The van der Waals surface area contributed by atoms with Gasteiger partial charge < -0.3 is 15.9 Å². The van der Waals surface area contributed by atoms with Gasteiger partial charge in [0.2, 0.25) is 5.78 Å². The molecule has 0 radical (unpaired) electrons. The number of rotatable bonds is 7. The number of anilines is 1. The smallest absolute Gasteiger partial charge is 0.343 e. The van der Waals surface area contributed by atoms with Crippen LogP contribution < -0.4 is 15.9 Å². The lowest BCUT2D eigenvalue weighted by atomic mass is 10.1. The second-order valence-electron chi connectivity index (χ2n) is 6.54. The van der Waals surface area contributed by atoms with Gasteiger partial charge in [0.25, 0.3) is 0 Å². The first-order chi connectivity index (χ1) is 14.5. The summed E-state index contributed by atoms with van der Waals surface area (Å²) in [6.45, 7) is 2.04. The number of halogens is 1. The first-order valence-electron chi connectivity index (χ1n) is 9.16. The molecule has 0 aliphatic carbocycles. The van der Waals surface area contributed by atoms with Crippen LogP contribution in [0.1, 0.15) is 21.5 Å². The normalized spacial score (nSPS) is 11.1. The van der Waals surface area contributed by atoms with Crippen LogP contribution in [0, 0.1) is 6.92 Å². The number of carbonyl (C=O) groups excluding carboxylic acids is 2. The number of ether oxygens (including phenoxy) is 1. The summed E-state index contributed by atoms with van der Waals surface area (Å²) < 4.78 is 5.33. The number of ketones is 1. The quantitative estimate of drug-likeness (QED) is 0.196. The zero-order chi connectivity index (χ0) is 21.5. The zero-order valence-corrected chi connectivity index (χ0v) is 17.0. The Morgan fingerprint density at radius 1 is 0.933 bits per heavy atom. The maximum Gasteiger partial charge on any atom is 0.343 e. The molecular weight excluding hydrogens is 402 g/mol. The Kier molecular flexibility index (Phi) is 6.83. The molecule has 0 spiro atoms. The number of hydrogen-bond acceptors (Lipinski definition) is 6. The highest BCUT2D eigenvalue weighted by Crippen LogP contribution is 2.17. The third-order valence-electron chi connectivity index (χ3n) is 4.32. The Hall–Kier alpha value is -3.64. The van der Waals surface area contributed by atoms with Gasteiger partial charge in [-0.3, -0.25) is 4.79 Å². The molecule has 3 rings (SSSR count). The molecule has 0 unspecified atom stereocenters. The maximum atomic E-state index is 12.5. The lowest BCUT2D eigenvalue weighted by Gasteiger charge is -2.09. The van der Waals surface area contributed by atoms with Crippen LogP contribution in [-0.4, -0.2) is 24.0 Å². The van der Waals surface area contributed by atoms with Crippen molar-refractivity contribution < 1.29 is 14.3 Å². The summed E-state index contributed by atoms with van der Waals surface area (Å²) in [5.74, 6) is 5.01. The predicted octanol–water partition coefficient (Wildman–Crippen LogP) is 4.21. The molecule has 0 aliphatic heterocycles. The summed E-state index contributed by atoms with van der Waals surface area (Å²) in [6, 6.07) is 20.5. The number of esters is 1. The van der Waals surface area contributed by atoms with E-state index in [1.54, 1.807) is 48.5 Å². The van der Waals surface area contributed by atoms with E-state index in [9.17, 15) is 9.59 Å². The van der Waals surface area contributed by atoms with E-state index in [0.29, 0.717) is 21.9 Å². The molecule has 0 saturated heterocycles. The highest BCUT2D eigenvalue weighted by molar-refractivity contribution is 6.47. The lowest BCUT2D eigenvalue weighted by molar-refractivity contribution is -0.111. The summed E-state index contributed by atoms with van der Waals surface area (Å²) in [7, 11) is 0. The van der Waals surface area contributed by atoms with Crippen molar-refractivity contribution in [3.8, 4) is 5.75 Å². The van der Waals surface area contributed by atoms with E-state index in [-0.39, 0.29) is 18.0 Å². The Morgan fingerprint density at radius 2 is 1.53 bits per heavy atom. The molecular formula is C23H20ClN3O3. The Labute approximate surface area is 179 Å². The van der Waals surface area contributed by atoms with Crippen molar-refractivity contribution in [2.24, 2.45) is 10.9 Å². The van der Waals surface area contributed by atoms with Gasteiger partial charge in [-0.05, 0) is 67.6 Å². The maximum absolute atomic E-state index is 12.5. The van der Waals surface area contributed by atoms with Gasteiger partial charge in [0.05, 0.1) is 12.1 Å². The lowest BCUT2D eigenvalue weighted by Crippen LogP contribution is -2.25. The minimum Gasteiger partial charge on any atom is -0.423 e. The molecule has 7 heteroatoms. The number of Topliss-reactive ketones (excluding diaryl/α,β-unsaturated/α-hetero) is 1. The molecule has 0 aromatic heterocycles. The molecule has 0 fully saturated rings. The van der Waals surface area contributed by atoms with E-state index in [4.69, 9.17) is 22.2 Å². The predicted molar refractivity (Wildman–Crippen MR) is 118 cm³/mol. The molecule has 3 aromatic rings. The second-order valence-corrected chi connectivity index (χ2v) is 6.98. The average Bonchev–Trinajstić information content (AvgIpc) is 2.75. The van der Waals surface area contributed by atoms with Crippen LogP contribution in [0.5, 0.6) is 5.75 Å². The number of benzene rings is 3. The van der Waals surface area contributed by atoms with Crippen LogP contribution in [0.4, 0.5) is 5.69 Å². The number of hydrogen-bond donors (Lipinski definition) is 2. The van der Waals surface area contributed by atoms with E-state index >= 15 is 0 Å². The van der Waals surface area contributed by atoms with Gasteiger partial charge in [-0.2, -0.15) is 5.10 Å². The second kappa shape index (κ2) is 9.71. The van der Waals surface area contributed by atoms with Gasteiger partial charge in [-0.15, -0.1) is 0 Å². The number of nitrogens with one attached hydrogen (secondary N) is 1. The number of nitrogens with zero attached hydrogens (tertiary/aromatic N) is 1. The van der Waals surface area contributed by atoms with Crippen molar-refractivity contribution in [2.75, 3.05) is 11.9 Å². The van der Waals surface area contributed by atoms with Crippen LogP contribution >= 0.6 is 11.6 Å². The van der Waals surface area contributed by atoms with Crippen molar-refractivity contribution in [3.63, 3.8) is 0 Å². The fraction of sp³-hybridized carbons (Fsp3) is 0.0870. The summed E-state index contributed by atoms with van der Waals surface area (Å²) in [5.41, 5.74) is 3.00. The number of aryl methyl sites for hydroxylation is 1. The number of hydrazone groups is 1. The molecule has 0 atom stereocenters. The van der Waals surface area contributed by atoms with E-state index in [0.717, 1.165) is 11.3 Å². The van der Waals surface area contributed by atoms with Crippen molar-refractivity contribution in [1.82, 2.24) is 0 Å². The number of nitrogens with two attached hydrogens (primary N) is 1. The first kappa shape index (κ1) is 21.1. The largest absolute Gasteiger partial charge is 0.423 e. The summed E-state index contributed by atoms with van der Waals surface area (Å²) in [6.07, 6.45) is 0. The summed E-state index contributed by atoms with van der Waals surface area (Å²) in [4.78, 5) is 24.7. The fourth-order valence-electron chi connectivity index (χ4n) is 2.68. The molecule has 152 valence electrons. The topological polar surface area (TPSA) is 93.8 Å². The van der Waals surface area contributed by atoms with E-state index < -0.39 is 5.97 Å². The minimum atomic E-state index is -0.509. The molecule has 0 saturated carbocycles. The standard InChI is InChI=1S/C23H20ClN3O3/c1-15-2-10-19(11-3-15)26-14-21(28)22(27-25)16-6-12-20(13-7-16)30-23(29)17-4-8-18(24)9-5-17/h2-13,26H,14,25H2,1H3/b27-22+. The SMILES string of the molecule is Cc1ccc(NCC(=O)/C(=N/N)c2ccc(OC(=O)c3ccc(Cl)cc3)cc2)cc1. The Bertz CT molecular complexity index is 1060. The molecule has 0 bridgehead atoms. The van der Waals surface area contributed by atoms with Crippen LogP contribution in [-0.2, 0) is 4.79 Å². The Balaban J connectivity index is 1.62. The fourth-order valence-corrected chi connectivity index (χ4v) is 2.80. The molecule has 30 heavy (non-hydrogen) atoms. The first-order valence-corrected chi connectivity index (χ1v) is 9.54.